The number of carbonyl (C=O) groups is 1. The number of ether oxygens (including phenoxy) is 1. The minimum atomic E-state index is 0.243. The number of pyridine rings is 1. The monoisotopic (exact) mass is 449 g/mol. The zero-order chi connectivity index (χ0) is 22.9. The van der Waals surface area contributed by atoms with Gasteiger partial charge in [0.15, 0.2) is 5.96 Å². The Morgan fingerprint density at radius 2 is 1.97 bits per heavy atom. The van der Waals surface area contributed by atoms with Crippen LogP contribution in [0.25, 0.3) is 0 Å². The second kappa shape index (κ2) is 11.7. The number of nitrogens with zero attached hydrogens (tertiary/aromatic N) is 3. The first kappa shape index (κ1) is 23.1. The Hall–Kier alpha value is -3.09. The van der Waals surface area contributed by atoms with E-state index in [1.807, 2.05) is 35.2 Å². The van der Waals surface area contributed by atoms with E-state index in [2.05, 4.69) is 32.7 Å². The molecular weight excluding hydrogens is 414 g/mol. The molecule has 2 aromatic rings. The number of aromatic nitrogens is 1. The van der Waals surface area contributed by atoms with Gasteiger partial charge in [-0.25, -0.2) is 4.98 Å². The molecule has 1 atom stereocenters. The molecule has 1 unspecified atom stereocenters. The largest absolute Gasteiger partial charge is 0.474 e. The number of guanidine groups is 1. The summed E-state index contributed by atoms with van der Waals surface area (Å²) in [7, 11) is 1.77. The van der Waals surface area contributed by atoms with Crippen LogP contribution in [0.15, 0.2) is 53.7 Å². The van der Waals surface area contributed by atoms with Crippen LogP contribution in [0, 0.1) is 5.92 Å². The van der Waals surface area contributed by atoms with Crippen molar-refractivity contribution in [1.82, 2.24) is 20.5 Å². The second-order valence-electron chi connectivity index (χ2n) is 8.98. The summed E-state index contributed by atoms with van der Waals surface area (Å²) in [5.74, 6) is 1.97. The Kier molecular flexibility index (Phi) is 8.17. The summed E-state index contributed by atoms with van der Waals surface area (Å²) in [6.45, 7) is 2.93. The van der Waals surface area contributed by atoms with Crippen LogP contribution in [0.4, 0.5) is 0 Å². The van der Waals surface area contributed by atoms with Crippen LogP contribution in [0.2, 0.25) is 0 Å². The third-order valence-corrected chi connectivity index (χ3v) is 6.44. The van der Waals surface area contributed by atoms with Gasteiger partial charge in [0.25, 0.3) is 0 Å². The highest BCUT2D eigenvalue weighted by molar-refractivity contribution is 5.80. The lowest BCUT2D eigenvalue weighted by atomic mass is 10.1. The molecule has 1 aromatic heterocycles. The Balaban J connectivity index is 1.19. The van der Waals surface area contributed by atoms with Gasteiger partial charge < -0.3 is 20.3 Å². The highest BCUT2D eigenvalue weighted by Crippen LogP contribution is 2.23. The summed E-state index contributed by atoms with van der Waals surface area (Å²) < 4.78 is 6.01. The van der Waals surface area contributed by atoms with Gasteiger partial charge in [-0.2, -0.15) is 0 Å². The van der Waals surface area contributed by atoms with Crippen LogP contribution >= 0.6 is 0 Å². The first-order valence-corrected chi connectivity index (χ1v) is 12.1. The topological polar surface area (TPSA) is 78.9 Å². The van der Waals surface area contributed by atoms with E-state index in [0.717, 1.165) is 50.4 Å². The maximum atomic E-state index is 12.4. The molecule has 4 rings (SSSR count). The lowest BCUT2D eigenvalue weighted by Gasteiger charge is -2.18. The van der Waals surface area contributed by atoms with Crippen molar-refractivity contribution in [2.75, 3.05) is 26.7 Å². The van der Waals surface area contributed by atoms with E-state index in [-0.39, 0.29) is 5.91 Å². The number of amides is 1. The summed E-state index contributed by atoms with van der Waals surface area (Å²) in [5, 5.41) is 6.74. The quantitative estimate of drug-likeness (QED) is 0.454. The second-order valence-corrected chi connectivity index (χ2v) is 8.98. The van der Waals surface area contributed by atoms with Crippen molar-refractivity contribution in [3.63, 3.8) is 0 Å². The van der Waals surface area contributed by atoms with Crippen LogP contribution in [0.3, 0.4) is 0 Å². The third-order valence-electron chi connectivity index (χ3n) is 6.44. The predicted octanol–water partition coefficient (Wildman–Crippen LogP) is 3.16. The highest BCUT2D eigenvalue weighted by atomic mass is 16.5. The van der Waals surface area contributed by atoms with Gasteiger partial charge in [0.1, 0.15) is 6.10 Å². The number of benzene rings is 1. The van der Waals surface area contributed by atoms with Crippen molar-refractivity contribution in [3.8, 4) is 5.88 Å². The fourth-order valence-electron chi connectivity index (χ4n) is 4.56. The number of rotatable bonds is 9. The molecule has 1 amide bonds. The van der Waals surface area contributed by atoms with Gasteiger partial charge in [-0.05, 0) is 49.3 Å². The summed E-state index contributed by atoms with van der Waals surface area (Å²) in [4.78, 5) is 23.1. The van der Waals surface area contributed by atoms with Gasteiger partial charge in [0.2, 0.25) is 11.8 Å². The maximum Gasteiger partial charge on any atom is 0.223 e. The predicted molar refractivity (Wildman–Crippen MR) is 130 cm³/mol. The van der Waals surface area contributed by atoms with Gasteiger partial charge in [-0.15, -0.1) is 0 Å². The fourth-order valence-corrected chi connectivity index (χ4v) is 4.56. The Morgan fingerprint density at radius 3 is 2.76 bits per heavy atom. The number of hydrogen-bond acceptors (Lipinski definition) is 4. The standard InChI is InChI=1S/C26H35N5O2/c1-27-26(29-17-21-11-13-28-24(15-21)33-23-9-5-6-10-23)30-18-22-16-25(32)31(19-22)14-12-20-7-3-2-4-8-20/h2-4,7-8,11,13,15,22-23H,5-6,9-10,12,14,16-19H2,1H3,(H2,27,29,30). The van der Waals surface area contributed by atoms with Crippen molar-refractivity contribution in [2.24, 2.45) is 10.9 Å². The van der Waals surface area contributed by atoms with Crippen LogP contribution in [-0.4, -0.2) is 54.5 Å². The van der Waals surface area contributed by atoms with E-state index < -0.39 is 0 Å². The van der Waals surface area contributed by atoms with Crippen molar-refractivity contribution in [2.45, 2.75) is 51.2 Å². The highest BCUT2D eigenvalue weighted by Gasteiger charge is 2.29. The SMILES string of the molecule is CN=C(NCc1ccnc(OC2CCCC2)c1)NCC1CC(=O)N(CCc2ccccc2)C1. The molecule has 2 heterocycles. The summed E-state index contributed by atoms with van der Waals surface area (Å²) in [6, 6.07) is 14.3. The molecule has 1 aliphatic heterocycles. The molecular formula is C26H35N5O2. The van der Waals surface area contributed by atoms with Gasteiger partial charge in [-0.1, -0.05) is 30.3 Å². The Morgan fingerprint density at radius 1 is 1.15 bits per heavy atom. The molecule has 1 saturated carbocycles. The Bertz CT molecular complexity index is 927. The van der Waals surface area contributed by atoms with Crippen molar-refractivity contribution in [3.05, 3.63) is 59.8 Å². The smallest absolute Gasteiger partial charge is 0.223 e. The average Bonchev–Trinajstić information content (AvgIpc) is 3.48. The minimum absolute atomic E-state index is 0.243. The molecule has 1 aliphatic carbocycles. The number of likely N-dealkylation sites (tertiary alicyclic amines) is 1. The summed E-state index contributed by atoms with van der Waals surface area (Å²) in [5.41, 5.74) is 2.37. The summed E-state index contributed by atoms with van der Waals surface area (Å²) in [6.07, 6.45) is 8.31. The van der Waals surface area contributed by atoms with Crippen LogP contribution < -0.4 is 15.4 Å². The van der Waals surface area contributed by atoms with E-state index in [0.29, 0.717) is 30.9 Å². The van der Waals surface area contributed by atoms with Gasteiger partial charge >= 0.3 is 0 Å². The van der Waals surface area contributed by atoms with Crippen LogP contribution in [-0.2, 0) is 17.8 Å². The number of nitrogens with one attached hydrogen (secondary N) is 2. The first-order valence-electron chi connectivity index (χ1n) is 12.1. The molecule has 2 N–H and O–H groups in total. The van der Waals surface area contributed by atoms with Crippen LogP contribution in [0.1, 0.15) is 43.2 Å². The summed E-state index contributed by atoms with van der Waals surface area (Å²) >= 11 is 0. The van der Waals surface area contributed by atoms with Crippen LogP contribution in [0.5, 0.6) is 5.88 Å². The lowest BCUT2D eigenvalue weighted by Crippen LogP contribution is -2.40. The van der Waals surface area contributed by atoms with Gasteiger partial charge in [0, 0.05) is 57.8 Å². The van der Waals surface area contributed by atoms with Gasteiger partial charge in [0.05, 0.1) is 0 Å². The van der Waals surface area contributed by atoms with Crippen molar-refractivity contribution < 1.29 is 9.53 Å². The maximum absolute atomic E-state index is 12.4. The molecule has 1 aromatic carbocycles. The molecule has 33 heavy (non-hydrogen) atoms. The first-order chi connectivity index (χ1) is 16.2. The zero-order valence-electron chi connectivity index (χ0n) is 19.5. The molecule has 2 aliphatic rings. The fraction of sp³-hybridized carbons (Fsp3) is 0.500. The minimum Gasteiger partial charge on any atom is -0.474 e. The Labute approximate surface area is 196 Å². The van der Waals surface area contributed by atoms with Gasteiger partial charge in [-0.3, -0.25) is 9.79 Å². The molecule has 0 bridgehead atoms. The molecule has 7 heteroatoms. The number of aliphatic imine (C=N–C) groups is 1. The number of hydrogen-bond donors (Lipinski definition) is 2. The molecule has 176 valence electrons. The van der Waals surface area contributed by atoms with E-state index in [1.165, 1.54) is 18.4 Å². The van der Waals surface area contributed by atoms with Crippen molar-refractivity contribution >= 4 is 11.9 Å². The van der Waals surface area contributed by atoms with E-state index in [9.17, 15) is 4.79 Å². The third kappa shape index (κ3) is 6.94. The van der Waals surface area contributed by atoms with E-state index >= 15 is 0 Å². The molecule has 1 saturated heterocycles. The molecule has 0 spiro atoms. The lowest BCUT2D eigenvalue weighted by molar-refractivity contribution is -0.127. The average molecular weight is 450 g/mol. The van der Waals surface area contributed by atoms with E-state index in [1.54, 1.807) is 13.2 Å². The molecule has 0 radical (unpaired) electrons. The van der Waals surface area contributed by atoms with E-state index in [4.69, 9.17) is 4.74 Å². The normalized spacial score (nSPS) is 19.2. The molecule has 2 fully saturated rings. The van der Waals surface area contributed by atoms with Crippen molar-refractivity contribution in [1.29, 1.82) is 0 Å². The molecule has 7 nitrogen and oxygen atoms in total. The zero-order valence-corrected chi connectivity index (χ0v) is 19.5. The number of carbonyl (C=O) groups excluding carboxylic acids is 1.